The molecule has 5 nitrogen and oxygen atoms in total. The summed E-state index contributed by atoms with van der Waals surface area (Å²) in [6.07, 6.45) is 4.62. The molecule has 0 spiro atoms. The molecule has 0 aliphatic rings. The van der Waals surface area contributed by atoms with Gasteiger partial charge in [0, 0.05) is 29.3 Å². The van der Waals surface area contributed by atoms with Gasteiger partial charge in [0.05, 0.1) is 5.69 Å². The zero-order valence-corrected chi connectivity index (χ0v) is 19.7. The molecule has 5 heteroatoms. The molecule has 2 aromatic carbocycles. The summed E-state index contributed by atoms with van der Waals surface area (Å²) in [6, 6.07) is 16.7. The Bertz CT molecular complexity index is 1090. The minimum atomic E-state index is -0.253. The number of hydrogen-bond acceptors (Lipinski definition) is 3. The topological polar surface area (TPSA) is 64.0 Å². The first kappa shape index (κ1) is 23.5. The van der Waals surface area contributed by atoms with Crippen molar-refractivity contribution < 1.29 is 9.59 Å². The number of amides is 1. The fourth-order valence-corrected chi connectivity index (χ4v) is 3.55. The number of anilines is 1. The lowest BCUT2D eigenvalue weighted by atomic mass is 9.92. The molecule has 1 N–H and O–H groups in total. The van der Waals surface area contributed by atoms with E-state index in [-0.39, 0.29) is 17.1 Å². The van der Waals surface area contributed by atoms with Gasteiger partial charge in [-0.05, 0) is 36.6 Å². The van der Waals surface area contributed by atoms with E-state index in [4.69, 9.17) is 0 Å². The van der Waals surface area contributed by atoms with Crippen LogP contribution in [0.25, 0.3) is 0 Å². The maximum absolute atomic E-state index is 13.0. The van der Waals surface area contributed by atoms with E-state index in [1.807, 2.05) is 30.3 Å². The molecular formula is C27H33N3O2. The number of hydrogen-bond donors (Lipinski definition) is 1. The van der Waals surface area contributed by atoms with Crippen LogP contribution < -0.4 is 5.32 Å². The molecule has 0 saturated carbocycles. The standard InChI is InChI=1S/C27H33N3O2/c1-6-7-8-10-19-13-15-20(16-14-19)25(31)21-11-9-12-22(17-21)28-26(32)23-18-24(27(2,3)4)29-30(23)5/h9,11-18H,6-8,10H2,1-5H3,(H,28,32). The van der Waals surface area contributed by atoms with Crippen molar-refractivity contribution in [3.8, 4) is 0 Å². The number of ketones is 1. The number of nitrogens with one attached hydrogen (secondary N) is 1. The number of carbonyl (C=O) groups is 2. The van der Waals surface area contributed by atoms with Crippen molar-refractivity contribution in [3.05, 3.63) is 82.7 Å². The Balaban J connectivity index is 1.72. The fourth-order valence-electron chi connectivity index (χ4n) is 3.55. The Kier molecular flexibility index (Phi) is 7.29. The van der Waals surface area contributed by atoms with E-state index in [1.54, 1.807) is 36.0 Å². The van der Waals surface area contributed by atoms with Gasteiger partial charge in [0.25, 0.3) is 5.91 Å². The number of carbonyl (C=O) groups excluding carboxylic acids is 2. The van der Waals surface area contributed by atoms with E-state index in [1.165, 1.54) is 24.8 Å². The smallest absolute Gasteiger partial charge is 0.273 e. The summed E-state index contributed by atoms with van der Waals surface area (Å²) in [7, 11) is 1.76. The van der Waals surface area contributed by atoms with Crippen LogP contribution in [0.1, 0.15) is 84.6 Å². The van der Waals surface area contributed by atoms with Crippen LogP contribution in [0.2, 0.25) is 0 Å². The Labute approximate surface area is 190 Å². The van der Waals surface area contributed by atoms with E-state index in [0.717, 1.165) is 12.1 Å². The zero-order valence-electron chi connectivity index (χ0n) is 19.7. The van der Waals surface area contributed by atoms with Crippen molar-refractivity contribution in [2.45, 2.75) is 58.8 Å². The van der Waals surface area contributed by atoms with Crippen molar-refractivity contribution in [3.63, 3.8) is 0 Å². The van der Waals surface area contributed by atoms with Crippen LogP contribution in [0.3, 0.4) is 0 Å². The van der Waals surface area contributed by atoms with E-state index in [0.29, 0.717) is 22.5 Å². The van der Waals surface area contributed by atoms with Gasteiger partial charge in [0.2, 0.25) is 0 Å². The maximum Gasteiger partial charge on any atom is 0.273 e. The van der Waals surface area contributed by atoms with Crippen molar-refractivity contribution >= 4 is 17.4 Å². The summed E-state index contributed by atoms with van der Waals surface area (Å²) < 4.78 is 1.59. The maximum atomic E-state index is 13.0. The summed E-state index contributed by atoms with van der Waals surface area (Å²) in [5.41, 5.74) is 4.21. The average Bonchev–Trinajstić information content (AvgIpc) is 3.16. The number of benzene rings is 2. The highest BCUT2D eigenvalue weighted by Gasteiger charge is 2.22. The molecule has 168 valence electrons. The molecule has 0 radical (unpaired) electrons. The molecule has 3 aromatic rings. The van der Waals surface area contributed by atoms with Crippen LogP contribution in [0.4, 0.5) is 5.69 Å². The lowest BCUT2D eigenvalue weighted by Crippen LogP contribution is -2.16. The largest absolute Gasteiger partial charge is 0.321 e. The summed E-state index contributed by atoms with van der Waals surface area (Å²) in [4.78, 5) is 25.8. The molecule has 0 fully saturated rings. The monoisotopic (exact) mass is 431 g/mol. The average molecular weight is 432 g/mol. The molecule has 0 atom stereocenters. The van der Waals surface area contributed by atoms with E-state index < -0.39 is 0 Å². The molecule has 0 unspecified atom stereocenters. The normalized spacial score (nSPS) is 11.4. The third kappa shape index (κ3) is 5.72. The van der Waals surface area contributed by atoms with Gasteiger partial charge in [-0.3, -0.25) is 14.3 Å². The number of unbranched alkanes of at least 4 members (excludes halogenated alkanes) is 2. The first-order valence-corrected chi connectivity index (χ1v) is 11.3. The number of aryl methyl sites for hydroxylation is 2. The molecule has 1 aromatic heterocycles. The zero-order chi connectivity index (χ0) is 23.3. The Morgan fingerprint density at radius 1 is 0.969 bits per heavy atom. The molecule has 0 bridgehead atoms. The third-order valence-corrected chi connectivity index (χ3v) is 5.55. The van der Waals surface area contributed by atoms with Gasteiger partial charge in [-0.2, -0.15) is 5.10 Å². The highest BCUT2D eigenvalue weighted by molar-refractivity contribution is 6.10. The van der Waals surface area contributed by atoms with Crippen LogP contribution in [-0.2, 0) is 18.9 Å². The van der Waals surface area contributed by atoms with Gasteiger partial charge in [0.15, 0.2) is 5.78 Å². The molecular weight excluding hydrogens is 398 g/mol. The Morgan fingerprint density at radius 3 is 2.31 bits per heavy atom. The predicted octanol–water partition coefficient (Wildman–Crippen LogP) is 5.93. The summed E-state index contributed by atoms with van der Waals surface area (Å²) in [5.74, 6) is -0.312. The quantitative estimate of drug-likeness (QED) is 0.355. The third-order valence-electron chi connectivity index (χ3n) is 5.55. The van der Waals surface area contributed by atoms with Gasteiger partial charge in [-0.1, -0.05) is 76.9 Å². The first-order valence-electron chi connectivity index (χ1n) is 11.3. The minimum absolute atomic E-state index is 0.0586. The van der Waals surface area contributed by atoms with Gasteiger partial charge in [-0.15, -0.1) is 0 Å². The second-order valence-electron chi connectivity index (χ2n) is 9.31. The molecule has 1 heterocycles. The van der Waals surface area contributed by atoms with E-state index in [2.05, 4.69) is 38.1 Å². The summed E-state index contributed by atoms with van der Waals surface area (Å²) >= 11 is 0. The van der Waals surface area contributed by atoms with Gasteiger partial charge >= 0.3 is 0 Å². The Hall–Kier alpha value is -3.21. The van der Waals surface area contributed by atoms with Crippen LogP contribution in [0.5, 0.6) is 0 Å². The second kappa shape index (κ2) is 9.94. The van der Waals surface area contributed by atoms with Crippen molar-refractivity contribution in [1.29, 1.82) is 0 Å². The van der Waals surface area contributed by atoms with Crippen LogP contribution in [0, 0.1) is 0 Å². The predicted molar refractivity (Wildman–Crippen MR) is 129 cm³/mol. The van der Waals surface area contributed by atoms with Gasteiger partial charge < -0.3 is 5.32 Å². The number of nitrogens with zero attached hydrogens (tertiary/aromatic N) is 2. The molecule has 32 heavy (non-hydrogen) atoms. The fraction of sp³-hybridized carbons (Fsp3) is 0.370. The second-order valence-corrected chi connectivity index (χ2v) is 9.31. The SMILES string of the molecule is CCCCCc1ccc(C(=O)c2cccc(NC(=O)c3cc(C(C)(C)C)nn3C)c2)cc1. The van der Waals surface area contributed by atoms with Crippen LogP contribution in [-0.4, -0.2) is 21.5 Å². The number of aromatic nitrogens is 2. The highest BCUT2D eigenvalue weighted by Crippen LogP contribution is 2.22. The lowest BCUT2D eigenvalue weighted by Gasteiger charge is -2.13. The Morgan fingerprint density at radius 2 is 1.69 bits per heavy atom. The van der Waals surface area contributed by atoms with Crippen molar-refractivity contribution in [1.82, 2.24) is 9.78 Å². The molecule has 1 amide bonds. The first-order chi connectivity index (χ1) is 15.2. The van der Waals surface area contributed by atoms with Gasteiger partial charge in [-0.25, -0.2) is 0 Å². The highest BCUT2D eigenvalue weighted by atomic mass is 16.2. The lowest BCUT2D eigenvalue weighted by molar-refractivity contribution is 0.101. The molecule has 0 aliphatic heterocycles. The van der Waals surface area contributed by atoms with Crippen molar-refractivity contribution in [2.75, 3.05) is 5.32 Å². The van der Waals surface area contributed by atoms with Crippen molar-refractivity contribution in [2.24, 2.45) is 7.05 Å². The van der Waals surface area contributed by atoms with E-state index in [9.17, 15) is 9.59 Å². The summed E-state index contributed by atoms with van der Waals surface area (Å²) in [6.45, 7) is 8.37. The number of rotatable bonds is 8. The molecule has 3 rings (SSSR count). The van der Waals surface area contributed by atoms with Gasteiger partial charge in [0.1, 0.15) is 5.69 Å². The summed E-state index contributed by atoms with van der Waals surface area (Å²) in [5, 5.41) is 7.36. The van der Waals surface area contributed by atoms with E-state index >= 15 is 0 Å². The molecule has 0 saturated heterocycles. The molecule has 0 aliphatic carbocycles. The minimum Gasteiger partial charge on any atom is -0.321 e. The van der Waals surface area contributed by atoms with Crippen LogP contribution >= 0.6 is 0 Å². The van der Waals surface area contributed by atoms with Crippen LogP contribution in [0.15, 0.2) is 54.6 Å².